The maximum atomic E-state index is 14.0. The molecule has 2 saturated carbocycles. The molecular weight excluding hydrogens is 512 g/mol. The number of rotatable bonds is 8. The molecule has 0 spiro atoms. The van der Waals surface area contributed by atoms with Crippen molar-refractivity contribution in [3.05, 3.63) is 54.3 Å². The Morgan fingerprint density at radius 3 is 2.32 bits per heavy atom. The average molecular weight is 540 g/mol. The normalized spacial score (nSPS) is 18.8. The van der Waals surface area contributed by atoms with Crippen LogP contribution < -0.4 is 15.4 Å². The summed E-state index contributed by atoms with van der Waals surface area (Å²) < 4.78 is 39.4. The Morgan fingerprint density at radius 2 is 1.68 bits per heavy atom. The largest absolute Gasteiger partial charge is 0.483 e. The molecule has 2 N–H and O–H groups in total. The Morgan fingerprint density at radius 1 is 1.00 bits per heavy atom. The van der Waals surface area contributed by atoms with E-state index in [0.717, 1.165) is 16.9 Å². The first-order valence-electron chi connectivity index (χ1n) is 12.4. The van der Waals surface area contributed by atoms with E-state index in [0.29, 0.717) is 29.7 Å². The number of hydrogen-bond donors (Lipinski definition) is 2. The molecule has 38 heavy (non-hydrogen) atoms. The number of carbonyl (C=O) groups is 2. The lowest BCUT2D eigenvalue weighted by molar-refractivity contribution is -0.133. The lowest BCUT2D eigenvalue weighted by Gasteiger charge is -2.39. The first-order valence-corrected chi connectivity index (χ1v) is 13.8. The SMILES string of the molecule is CSCOc1ccc(-c2ccc3cc(C(=O)NC4(C(=O)NC5(C#N)CC5)CCC(F)(F)CC4)oc3c2)cc1. The molecule has 0 radical (unpaired) electrons. The second kappa shape index (κ2) is 9.95. The van der Waals surface area contributed by atoms with Crippen LogP contribution in [0.5, 0.6) is 5.75 Å². The van der Waals surface area contributed by atoms with Crippen molar-refractivity contribution >= 4 is 34.5 Å². The lowest BCUT2D eigenvalue weighted by atomic mass is 9.78. The number of thioether (sulfide) groups is 1. The van der Waals surface area contributed by atoms with Gasteiger partial charge in [-0.15, -0.1) is 11.8 Å². The molecule has 5 rings (SSSR count). The molecule has 0 bridgehead atoms. The average Bonchev–Trinajstić information content (AvgIpc) is 3.55. The highest BCUT2D eigenvalue weighted by Gasteiger charge is 2.53. The molecule has 2 aliphatic rings. The second-order valence-corrected chi connectivity index (χ2v) is 10.8. The van der Waals surface area contributed by atoms with E-state index in [4.69, 9.17) is 9.15 Å². The zero-order valence-corrected chi connectivity index (χ0v) is 21.6. The molecule has 2 fully saturated rings. The molecule has 0 atom stereocenters. The van der Waals surface area contributed by atoms with E-state index >= 15 is 0 Å². The summed E-state index contributed by atoms with van der Waals surface area (Å²) in [6.45, 7) is 0. The second-order valence-electron chi connectivity index (χ2n) is 9.98. The van der Waals surface area contributed by atoms with Gasteiger partial charge in [0.1, 0.15) is 28.3 Å². The minimum Gasteiger partial charge on any atom is -0.483 e. The number of halogens is 2. The monoisotopic (exact) mass is 539 g/mol. The van der Waals surface area contributed by atoms with Gasteiger partial charge in [0.05, 0.1) is 6.07 Å². The smallest absolute Gasteiger partial charge is 0.287 e. The molecular formula is C28H27F2N3O4S. The van der Waals surface area contributed by atoms with Crippen molar-refractivity contribution in [3.8, 4) is 22.9 Å². The molecule has 1 heterocycles. The molecule has 1 aromatic heterocycles. The fourth-order valence-corrected chi connectivity index (χ4v) is 4.90. The van der Waals surface area contributed by atoms with Crippen LogP contribution in [0.1, 0.15) is 49.1 Å². The summed E-state index contributed by atoms with van der Waals surface area (Å²) in [6.07, 6.45) is 1.40. The minimum absolute atomic E-state index is 0.0242. The van der Waals surface area contributed by atoms with Gasteiger partial charge in [0.2, 0.25) is 11.8 Å². The van der Waals surface area contributed by atoms with Crippen LogP contribution in [-0.4, -0.2) is 41.0 Å². The van der Waals surface area contributed by atoms with Gasteiger partial charge >= 0.3 is 0 Å². The number of amides is 2. The summed E-state index contributed by atoms with van der Waals surface area (Å²) in [5.74, 6) is -2.88. The van der Waals surface area contributed by atoms with Gasteiger partial charge in [-0.1, -0.05) is 24.3 Å². The third-order valence-corrected chi connectivity index (χ3v) is 7.57. The van der Waals surface area contributed by atoms with Gasteiger partial charge in [-0.3, -0.25) is 9.59 Å². The summed E-state index contributed by atoms with van der Waals surface area (Å²) in [5, 5.41) is 15.4. The van der Waals surface area contributed by atoms with Gasteiger partial charge in [0.25, 0.3) is 5.91 Å². The number of nitrogens with one attached hydrogen (secondary N) is 2. The molecule has 198 valence electrons. The van der Waals surface area contributed by atoms with Crippen molar-refractivity contribution in [2.45, 2.75) is 55.5 Å². The zero-order valence-electron chi connectivity index (χ0n) is 20.8. The number of ether oxygens (including phenoxy) is 1. The van der Waals surface area contributed by atoms with Gasteiger partial charge in [-0.05, 0) is 67.3 Å². The Kier molecular flexibility index (Phi) is 6.82. The highest BCUT2D eigenvalue weighted by atomic mass is 32.2. The molecule has 2 aliphatic carbocycles. The van der Waals surface area contributed by atoms with E-state index < -0.39 is 41.7 Å². The predicted octanol–water partition coefficient (Wildman–Crippen LogP) is 5.65. The van der Waals surface area contributed by atoms with Crippen molar-refractivity contribution in [1.82, 2.24) is 10.6 Å². The number of carbonyl (C=O) groups excluding carboxylic acids is 2. The number of nitrogens with zero attached hydrogens (tertiary/aromatic N) is 1. The van der Waals surface area contributed by atoms with Crippen LogP contribution in [0.25, 0.3) is 22.1 Å². The number of hydrogen-bond acceptors (Lipinski definition) is 6. The summed E-state index contributed by atoms with van der Waals surface area (Å²) in [5.41, 5.74) is -0.229. The summed E-state index contributed by atoms with van der Waals surface area (Å²) in [7, 11) is 0. The molecule has 10 heteroatoms. The van der Waals surface area contributed by atoms with Crippen LogP contribution in [-0.2, 0) is 4.79 Å². The predicted molar refractivity (Wildman–Crippen MR) is 140 cm³/mol. The van der Waals surface area contributed by atoms with Gasteiger partial charge in [-0.25, -0.2) is 8.78 Å². The van der Waals surface area contributed by atoms with E-state index in [-0.39, 0.29) is 18.6 Å². The van der Waals surface area contributed by atoms with Crippen molar-refractivity contribution in [2.24, 2.45) is 0 Å². The fraction of sp³-hybridized carbons (Fsp3) is 0.393. The summed E-state index contributed by atoms with van der Waals surface area (Å²) in [6, 6.07) is 16.8. The summed E-state index contributed by atoms with van der Waals surface area (Å²) in [4.78, 5) is 26.4. The molecule has 0 saturated heterocycles. The van der Waals surface area contributed by atoms with Gasteiger partial charge < -0.3 is 19.8 Å². The Balaban J connectivity index is 1.36. The Bertz CT molecular complexity index is 1400. The Labute approximate surface area is 222 Å². The molecule has 0 unspecified atom stereocenters. The fourth-order valence-electron chi connectivity index (χ4n) is 4.65. The molecule has 2 aromatic carbocycles. The highest BCUT2D eigenvalue weighted by Crippen LogP contribution is 2.41. The van der Waals surface area contributed by atoms with Crippen LogP contribution >= 0.6 is 11.8 Å². The minimum atomic E-state index is -2.91. The van der Waals surface area contributed by atoms with Crippen molar-refractivity contribution < 1.29 is 27.5 Å². The number of furan rings is 1. The van der Waals surface area contributed by atoms with E-state index in [9.17, 15) is 23.6 Å². The first-order chi connectivity index (χ1) is 18.2. The van der Waals surface area contributed by atoms with Crippen LogP contribution in [0.3, 0.4) is 0 Å². The molecule has 7 nitrogen and oxygen atoms in total. The van der Waals surface area contributed by atoms with E-state index in [1.54, 1.807) is 17.8 Å². The van der Waals surface area contributed by atoms with Gasteiger partial charge in [0, 0.05) is 18.2 Å². The van der Waals surface area contributed by atoms with Gasteiger partial charge in [-0.2, -0.15) is 5.26 Å². The maximum absolute atomic E-state index is 14.0. The number of nitriles is 1. The Hall–Kier alpha value is -3.58. The van der Waals surface area contributed by atoms with Crippen LogP contribution in [0.15, 0.2) is 52.9 Å². The zero-order chi connectivity index (χ0) is 27.0. The molecule has 3 aromatic rings. The number of alkyl halides is 2. The number of benzene rings is 2. The third-order valence-electron chi connectivity index (χ3n) is 7.21. The van der Waals surface area contributed by atoms with E-state index in [2.05, 4.69) is 16.7 Å². The molecule has 0 aliphatic heterocycles. The highest BCUT2D eigenvalue weighted by molar-refractivity contribution is 7.98. The van der Waals surface area contributed by atoms with Crippen LogP contribution in [0, 0.1) is 11.3 Å². The topological polar surface area (TPSA) is 104 Å². The van der Waals surface area contributed by atoms with Crippen LogP contribution in [0.4, 0.5) is 8.78 Å². The number of fused-ring (bicyclic) bond motifs is 1. The van der Waals surface area contributed by atoms with Crippen molar-refractivity contribution in [2.75, 3.05) is 12.2 Å². The third kappa shape index (κ3) is 5.34. The standard InChI is InChI=1S/C28H27F2N3O4S/c1-38-17-36-21-6-4-18(5-7-21)19-2-3-20-15-23(37-22(20)14-19)24(34)32-27(10-12-28(29,30)13-11-27)25(35)33-26(16-31)8-9-26/h2-7,14-15H,8-13,17H2,1H3,(H,32,34)(H,33,35). The first kappa shape index (κ1) is 26.0. The van der Waals surface area contributed by atoms with Crippen molar-refractivity contribution in [1.29, 1.82) is 5.26 Å². The van der Waals surface area contributed by atoms with Crippen molar-refractivity contribution in [3.63, 3.8) is 0 Å². The quantitative estimate of drug-likeness (QED) is 0.359. The van der Waals surface area contributed by atoms with E-state index in [1.165, 1.54) is 0 Å². The summed E-state index contributed by atoms with van der Waals surface area (Å²) >= 11 is 1.59. The van der Waals surface area contributed by atoms with Crippen LogP contribution in [0.2, 0.25) is 0 Å². The lowest BCUT2D eigenvalue weighted by Crippen LogP contribution is -2.62. The van der Waals surface area contributed by atoms with Gasteiger partial charge in [0.15, 0.2) is 5.76 Å². The maximum Gasteiger partial charge on any atom is 0.287 e. The molecule has 2 amide bonds. The van der Waals surface area contributed by atoms with E-state index in [1.807, 2.05) is 48.7 Å².